The van der Waals surface area contributed by atoms with Gasteiger partial charge < -0.3 is 5.73 Å². The molecule has 2 rings (SSSR count). The van der Waals surface area contributed by atoms with Crippen molar-refractivity contribution >= 4 is 34.8 Å². The Hall–Kier alpha value is -0.800. The average molecular weight is 305 g/mol. The molecule has 0 spiro atoms. The van der Waals surface area contributed by atoms with E-state index in [4.69, 9.17) is 40.5 Å². The van der Waals surface area contributed by atoms with E-state index in [1.54, 1.807) is 30.3 Å². The molecule has 1 unspecified atom stereocenters. The van der Waals surface area contributed by atoms with E-state index in [1.807, 2.05) is 0 Å². The highest BCUT2D eigenvalue weighted by atomic mass is 35.5. The van der Waals surface area contributed by atoms with Gasteiger partial charge in [-0.05, 0) is 35.4 Å². The van der Waals surface area contributed by atoms with E-state index in [0.29, 0.717) is 21.2 Å². The first-order valence-electron chi connectivity index (χ1n) is 5.15. The highest BCUT2D eigenvalue weighted by Crippen LogP contribution is 2.33. The maximum Gasteiger partial charge on any atom is 0.142 e. The van der Waals surface area contributed by atoms with Crippen LogP contribution in [0.15, 0.2) is 36.4 Å². The average Bonchev–Trinajstić information content (AvgIpc) is 2.35. The van der Waals surface area contributed by atoms with Crippen molar-refractivity contribution in [3.05, 3.63) is 68.4 Å². The number of halogens is 4. The van der Waals surface area contributed by atoms with Gasteiger partial charge >= 0.3 is 0 Å². The Balaban J connectivity index is 2.51. The van der Waals surface area contributed by atoms with Crippen molar-refractivity contribution in [2.75, 3.05) is 0 Å². The van der Waals surface area contributed by atoms with E-state index in [1.165, 1.54) is 6.07 Å². The lowest BCUT2D eigenvalue weighted by Gasteiger charge is -2.16. The summed E-state index contributed by atoms with van der Waals surface area (Å²) in [6, 6.07) is 8.81. The highest BCUT2D eigenvalue weighted by molar-refractivity contribution is 6.34. The molecule has 94 valence electrons. The van der Waals surface area contributed by atoms with Crippen LogP contribution in [-0.4, -0.2) is 0 Å². The summed E-state index contributed by atoms with van der Waals surface area (Å²) >= 11 is 17.9. The van der Waals surface area contributed by atoms with Gasteiger partial charge in [0, 0.05) is 10.0 Å². The van der Waals surface area contributed by atoms with Gasteiger partial charge in [0.05, 0.1) is 11.1 Å². The largest absolute Gasteiger partial charge is 0.320 e. The van der Waals surface area contributed by atoms with Crippen LogP contribution in [0.5, 0.6) is 0 Å². The minimum atomic E-state index is -0.626. The third kappa shape index (κ3) is 2.62. The Morgan fingerprint density at radius 3 is 2.44 bits per heavy atom. The van der Waals surface area contributed by atoms with E-state index in [2.05, 4.69) is 0 Å². The van der Waals surface area contributed by atoms with Gasteiger partial charge in [-0.3, -0.25) is 0 Å². The molecule has 0 aliphatic carbocycles. The van der Waals surface area contributed by atoms with Gasteiger partial charge in [-0.25, -0.2) is 4.39 Å². The fourth-order valence-corrected chi connectivity index (χ4v) is 2.34. The lowest BCUT2D eigenvalue weighted by Crippen LogP contribution is -2.13. The van der Waals surface area contributed by atoms with E-state index in [9.17, 15) is 4.39 Å². The first-order valence-corrected chi connectivity index (χ1v) is 6.28. The molecule has 0 saturated heterocycles. The van der Waals surface area contributed by atoms with Crippen LogP contribution in [0, 0.1) is 5.82 Å². The molecule has 2 aromatic rings. The van der Waals surface area contributed by atoms with Crippen LogP contribution >= 0.6 is 34.8 Å². The Kier molecular flexibility index (Phi) is 4.13. The Morgan fingerprint density at radius 2 is 1.72 bits per heavy atom. The molecule has 2 aromatic carbocycles. The van der Waals surface area contributed by atoms with E-state index < -0.39 is 11.9 Å². The van der Waals surface area contributed by atoms with Gasteiger partial charge in [0.25, 0.3) is 0 Å². The molecule has 0 radical (unpaired) electrons. The van der Waals surface area contributed by atoms with Crippen molar-refractivity contribution < 1.29 is 4.39 Å². The van der Waals surface area contributed by atoms with Crippen molar-refractivity contribution in [1.82, 2.24) is 0 Å². The molecule has 0 fully saturated rings. The molecule has 0 heterocycles. The van der Waals surface area contributed by atoms with Crippen LogP contribution in [0.1, 0.15) is 17.2 Å². The molecule has 2 N–H and O–H groups in total. The summed E-state index contributed by atoms with van der Waals surface area (Å²) in [6.07, 6.45) is 0. The number of benzene rings is 2. The van der Waals surface area contributed by atoms with Gasteiger partial charge in [-0.1, -0.05) is 46.9 Å². The van der Waals surface area contributed by atoms with Gasteiger partial charge in [0.1, 0.15) is 5.82 Å². The van der Waals surface area contributed by atoms with E-state index in [0.717, 1.165) is 0 Å². The molecule has 0 amide bonds. The first-order chi connectivity index (χ1) is 8.50. The van der Waals surface area contributed by atoms with Gasteiger partial charge in [-0.15, -0.1) is 0 Å². The predicted octanol–water partition coefficient (Wildman–Crippen LogP) is 4.83. The molecule has 1 atom stereocenters. The van der Waals surface area contributed by atoms with Crippen LogP contribution in [-0.2, 0) is 0 Å². The smallest absolute Gasteiger partial charge is 0.142 e. The quantitative estimate of drug-likeness (QED) is 0.844. The molecular weight excluding hydrogens is 296 g/mol. The monoisotopic (exact) mass is 303 g/mol. The van der Waals surface area contributed by atoms with Crippen LogP contribution in [0.3, 0.4) is 0 Å². The maximum atomic E-state index is 13.4. The topological polar surface area (TPSA) is 26.0 Å². The minimum absolute atomic E-state index is 0.000965. The van der Waals surface area contributed by atoms with Crippen LogP contribution in [0.2, 0.25) is 15.1 Å². The summed E-state index contributed by atoms with van der Waals surface area (Å²) in [7, 11) is 0. The second-order valence-electron chi connectivity index (χ2n) is 3.79. The second-order valence-corrected chi connectivity index (χ2v) is 5.01. The summed E-state index contributed by atoms with van der Waals surface area (Å²) in [6.45, 7) is 0. The molecule has 0 aliphatic heterocycles. The Bertz CT molecular complexity index is 584. The van der Waals surface area contributed by atoms with E-state index in [-0.39, 0.29) is 5.02 Å². The van der Waals surface area contributed by atoms with Crippen LogP contribution < -0.4 is 5.73 Å². The molecule has 0 aliphatic rings. The standard InChI is InChI=1S/C13H9Cl3FN/c14-7-4-5-10(15)9(6-7)13(18)8-2-1-3-11(17)12(8)16/h1-6,13H,18H2. The van der Waals surface area contributed by atoms with Crippen molar-refractivity contribution in [2.45, 2.75) is 6.04 Å². The second kappa shape index (κ2) is 5.45. The normalized spacial score (nSPS) is 12.5. The van der Waals surface area contributed by atoms with E-state index >= 15 is 0 Å². The zero-order chi connectivity index (χ0) is 13.3. The van der Waals surface area contributed by atoms with Gasteiger partial charge in [0.15, 0.2) is 0 Å². The molecular formula is C13H9Cl3FN. The molecule has 1 nitrogen and oxygen atoms in total. The summed E-state index contributed by atoms with van der Waals surface area (Å²) in [4.78, 5) is 0. The van der Waals surface area contributed by atoms with Crippen LogP contribution in [0.4, 0.5) is 4.39 Å². The summed E-state index contributed by atoms with van der Waals surface area (Å²) in [5.74, 6) is -0.511. The third-order valence-electron chi connectivity index (χ3n) is 2.61. The maximum absolute atomic E-state index is 13.4. The number of hydrogen-bond donors (Lipinski definition) is 1. The first kappa shape index (κ1) is 13.6. The lowest BCUT2D eigenvalue weighted by atomic mass is 9.99. The zero-order valence-corrected chi connectivity index (χ0v) is 11.4. The van der Waals surface area contributed by atoms with Crippen molar-refractivity contribution in [3.8, 4) is 0 Å². The summed E-state index contributed by atoms with van der Waals surface area (Å²) in [5, 5.41) is 0.977. The predicted molar refractivity (Wildman–Crippen MR) is 73.9 cm³/mol. The zero-order valence-electron chi connectivity index (χ0n) is 9.13. The number of rotatable bonds is 2. The molecule has 0 saturated carbocycles. The fourth-order valence-electron chi connectivity index (χ4n) is 1.68. The fraction of sp³-hybridized carbons (Fsp3) is 0.0769. The number of hydrogen-bond acceptors (Lipinski definition) is 1. The summed E-state index contributed by atoms with van der Waals surface area (Å²) in [5.41, 5.74) is 7.14. The third-order valence-corrected chi connectivity index (χ3v) is 3.59. The minimum Gasteiger partial charge on any atom is -0.320 e. The van der Waals surface area contributed by atoms with Crippen molar-refractivity contribution in [3.63, 3.8) is 0 Å². The highest BCUT2D eigenvalue weighted by Gasteiger charge is 2.17. The van der Waals surface area contributed by atoms with Crippen molar-refractivity contribution in [1.29, 1.82) is 0 Å². The Morgan fingerprint density at radius 1 is 1.00 bits per heavy atom. The number of nitrogens with two attached hydrogens (primary N) is 1. The Labute approximate surface area is 119 Å². The molecule has 0 bridgehead atoms. The SMILES string of the molecule is NC(c1cc(Cl)ccc1Cl)c1cccc(F)c1Cl. The molecule has 18 heavy (non-hydrogen) atoms. The van der Waals surface area contributed by atoms with Crippen molar-refractivity contribution in [2.24, 2.45) is 5.73 Å². The molecule has 0 aromatic heterocycles. The molecule has 5 heteroatoms. The van der Waals surface area contributed by atoms with Gasteiger partial charge in [-0.2, -0.15) is 0 Å². The lowest BCUT2D eigenvalue weighted by molar-refractivity contribution is 0.624. The summed E-state index contributed by atoms with van der Waals surface area (Å²) < 4.78 is 13.4. The van der Waals surface area contributed by atoms with Crippen LogP contribution in [0.25, 0.3) is 0 Å². The van der Waals surface area contributed by atoms with Gasteiger partial charge in [0.2, 0.25) is 0 Å².